The highest BCUT2D eigenvalue weighted by molar-refractivity contribution is 7.92. The Kier molecular flexibility index (Phi) is 3.96. The van der Waals surface area contributed by atoms with E-state index in [0.29, 0.717) is 11.5 Å². The first kappa shape index (κ1) is 14.4. The Morgan fingerprint density at radius 3 is 2.50 bits per heavy atom. The number of thiocarbonyl (C=S) groups is 1. The second kappa shape index (κ2) is 5.51. The van der Waals surface area contributed by atoms with Crippen molar-refractivity contribution in [3.8, 4) is 0 Å². The predicted molar refractivity (Wildman–Crippen MR) is 80.0 cm³/mol. The highest BCUT2D eigenvalue weighted by atomic mass is 32.2. The molecule has 0 aromatic carbocycles. The van der Waals surface area contributed by atoms with Gasteiger partial charge < -0.3 is 5.73 Å². The van der Waals surface area contributed by atoms with Gasteiger partial charge in [0.25, 0.3) is 10.0 Å². The van der Waals surface area contributed by atoms with Crippen LogP contribution in [0.15, 0.2) is 47.6 Å². The van der Waals surface area contributed by atoms with E-state index in [-0.39, 0.29) is 9.88 Å². The molecule has 0 amide bonds. The van der Waals surface area contributed by atoms with Crippen molar-refractivity contribution in [2.24, 2.45) is 5.73 Å². The third kappa shape index (κ3) is 2.75. The Labute approximate surface area is 122 Å². The lowest BCUT2D eigenvalue weighted by molar-refractivity contribution is 0.593. The monoisotopic (exact) mass is 308 g/mol. The molecule has 8 heteroatoms. The zero-order chi connectivity index (χ0) is 14.8. The van der Waals surface area contributed by atoms with E-state index in [4.69, 9.17) is 18.0 Å². The van der Waals surface area contributed by atoms with Crippen LogP contribution < -0.4 is 10.0 Å². The van der Waals surface area contributed by atoms with Gasteiger partial charge in [0.05, 0.1) is 5.69 Å². The van der Waals surface area contributed by atoms with Crippen molar-refractivity contribution in [3.63, 3.8) is 0 Å². The Morgan fingerprint density at radius 2 is 2.00 bits per heavy atom. The van der Waals surface area contributed by atoms with E-state index in [0.717, 1.165) is 4.31 Å². The van der Waals surface area contributed by atoms with E-state index >= 15 is 0 Å². The minimum atomic E-state index is -3.71. The smallest absolute Gasteiger partial charge is 0.266 e. The first-order chi connectivity index (χ1) is 9.43. The van der Waals surface area contributed by atoms with Gasteiger partial charge in [0.1, 0.15) is 15.7 Å². The van der Waals surface area contributed by atoms with Crippen molar-refractivity contribution in [2.75, 3.05) is 11.4 Å². The van der Waals surface area contributed by atoms with Gasteiger partial charge in [-0.2, -0.15) is 0 Å². The average molecular weight is 308 g/mol. The molecular weight excluding hydrogens is 296 g/mol. The highest BCUT2D eigenvalue weighted by Gasteiger charge is 2.22. The van der Waals surface area contributed by atoms with Crippen LogP contribution in [0, 0.1) is 0 Å². The second-order valence-corrected chi connectivity index (χ2v) is 6.31. The highest BCUT2D eigenvalue weighted by Crippen LogP contribution is 2.19. The van der Waals surface area contributed by atoms with Crippen LogP contribution in [0.3, 0.4) is 0 Å². The lowest BCUT2D eigenvalue weighted by Crippen LogP contribution is -2.27. The van der Waals surface area contributed by atoms with Crippen molar-refractivity contribution in [2.45, 2.75) is 4.90 Å². The molecule has 0 bridgehead atoms. The molecule has 0 saturated heterocycles. The molecule has 0 aliphatic heterocycles. The van der Waals surface area contributed by atoms with Gasteiger partial charge in [0.15, 0.2) is 0 Å². The SMILES string of the molecule is CN(c1ccccn1)S(=O)(=O)c1ccc(C(N)=S)nc1. The van der Waals surface area contributed by atoms with E-state index in [1.54, 1.807) is 18.2 Å². The summed E-state index contributed by atoms with van der Waals surface area (Å²) in [6.45, 7) is 0. The van der Waals surface area contributed by atoms with Gasteiger partial charge in [-0.05, 0) is 24.3 Å². The third-order valence-corrected chi connectivity index (χ3v) is 4.57. The van der Waals surface area contributed by atoms with Crippen LogP contribution in [0.1, 0.15) is 5.69 Å². The minimum Gasteiger partial charge on any atom is -0.388 e. The summed E-state index contributed by atoms with van der Waals surface area (Å²) in [4.78, 5) is 8.09. The van der Waals surface area contributed by atoms with Gasteiger partial charge in [-0.1, -0.05) is 18.3 Å². The van der Waals surface area contributed by atoms with E-state index in [9.17, 15) is 8.42 Å². The predicted octanol–water partition coefficient (Wildman–Crippen LogP) is 0.936. The first-order valence-corrected chi connectivity index (χ1v) is 7.43. The molecule has 2 heterocycles. The minimum absolute atomic E-state index is 0.0469. The van der Waals surface area contributed by atoms with Crippen LogP contribution in [0.25, 0.3) is 0 Å². The number of nitrogens with two attached hydrogens (primary N) is 1. The number of anilines is 1. The topological polar surface area (TPSA) is 89.2 Å². The number of nitrogens with zero attached hydrogens (tertiary/aromatic N) is 3. The summed E-state index contributed by atoms with van der Waals surface area (Å²) in [7, 11) is -2.28. The summed E-state index contributed by atoms with van der Waals surface area (Å²) in [6.07, 6.45) is 2.75. The fourth-order valence-corrected chi connectivity index (χ4v) is 2.72. The van der Waals surface area contributed by atoms with Crippen molar-refractivity contribution in [3.05, 3.63) is 48.4 Å². The fourth-order valence-electron chi connectivity index (χ4n) is 1.50. The molecule has 6 nitrogen and oxygen atoms in total. The Bertz CT molecular complexity index is 715. The molecule has 0 aliphatic carbocycles. The molecule has 0 fully saturated rings. The molecular formula is C12H12N4O2S2. The maximum atomic E-state index is 12.4. The van der Waals surface area contributed by atoms with Gasteiger partial charge in [-0.25, -0.2) is 13.4 Å². The summed E-state index contributed by atoms with van der Waals surface area (Å²) in [5.41, 5.74) is 5.80. The maximum absolute atomic E-state index is 12.4. The zero-order valence-corrected chi connectivity index (χ0v) is 12.2. The summed E-state index contributed by atoms with van der Waals surface area (Å²) >= 11 is 4.77. The van der Waals surface area contributed by atoms with Crippen molar-refractivity contribution in [1.82, 2.24) is 9.97 Å². The van der Waals surface area contributed by atoms with Gasteiger partial charge in [0.2, 0.25) is 0 Å². The van der Waals surface area contributed by atoms with E-state index < -0.39 is 10.0 Å². The van der Waals surface area contributed by atoms with Gasteiger partial charge >= 0.3 is 0 Å². The zero-order valence-electron chi connectivity index (χ0n) is 10.6. The summed E-state index contributed by atoms with van der Waals surface area (Å²) in [6, 6.07) is 7.91. The Hall–Kier alpha value is -2.06. The van der Waals surface area contributed by atoms with Crippen LogP contribution in [0.2, 0.25) is 0 Å². The molecule has 2 rings (SSSR count). The average Bonchev–Trinajstić information content (AvgIpc) is 2.47. The molecule has 2 N–H and O–H groups in total. The first-order valence-electron chi connectivity index (χ1n) is 5.59. The molecule has 0 saturated carbocycles. The lowest BCUT2D eigenvalue weighted by Gasteiger charge is -2.18. The molecule has 0 aliphatic rings. The second-order valence-electron chi connectivity index (χ2n) is 3.90. The van der Waals surface area contributed by atoms with Gasteiger partial charge in [0, 0.05) is 19.4 Å². The molecule has 2 aromatic rings. The van der Waals surface area contributed by atoms with Crippen LogP contribution in [0.5, 0.6) is 0 Å². The van der Waals surface area contributed by atoms with Crippen molar-refractivity contribution < 1.29 is 8.42 Å². The number of rotatable bonds is 4. The maximum Gasteiger partial charge on any atom is 0.266 e. The van der Waals surface area contributed by atoms with Gasteiger partial charge in [-0.3, -0.25) is 9.29 Å². The standard InChI is InChI=1S/C12H12N4O2S2/c1-16(11-4-2-3-7-14-11)20(17,18)9-5-6-10(12(13)19)15-8-9/h2-8H,1H3,(H2,13,19). The number of aromatic nitrogens is 2. The Morgan fingerprint density at radius 1 is 1.25 bits per heavy atom. The molecule has 0 radical (unpaired) electrons. The normalized spacial score (nSPS) is 11.1. The number of pyridine rings is 2. The van der Waals surface area contributed by atoms with E-state index in [1.165, 1.54) is 31.6 Å². The molecule has 0 atom stereocenters. The molecule has 104 valence electrons. The van der Waals surface area contributed by atoms with Gasteiger partial charge in [-0.15, -0.1) is 0 Å². The summed E-state index contributed by atoms with van der Waals surface area (Å²) < 4.78 is 25.9. The van der Waals surface area contributed by atoms with E-state index in [2.05, 4.69) is 9.97 Å². The molecule has 20 heavy (non-hydrogen) atoms. The number of hydrogen-bond acceptors (Lipinski definition) is 5. The van der Waals surface area contributed by atoms with Crippen LogP contribution in [-0.2, 0) is 10.0 Å². The fraction of sp³-hybridized carbons (Fsp3) is 0.0833. The molecule has 0 spiro atoms. The summed E-state index contributed by atoms with van der Waals surface area (Å²) in [5.74, 6) is 0.325. The van der Waals surface area contributed by atoms with Crippen molar-refractivity contribution in [1.29, 1.82) is 0 Å². The molecule has 2 aromatic heterocycles. The number of sulfonamides is 1. The largest absolute Gasteiger partial charge is 0.388 e. The summed E-state index contributed by atoms with van der Waals surface area (Å²) in [5, 5.41) is 0. The Balaban J connectivity index is 2.37. The molecule has 0 unspecified atom stereocenters. The van der Waals surface area contributed by atoms with Crippen LogP contribution >= 0.6 is 12.2 Å². The third-order valence-electron chi connectivity index (χ3n) is 2.62. The van der Waals surface area contributed by atoms with Crippen molar-refractivity contribution >= 4 is 33.0 Å². The quantitative estimate of drug-likeness (QED) is 0.845. The van der Waals surface area contributed by atoms with Crippen LogP contribution in [0.4, 0.5) is 5.82 Å². The van der Waals surface area contributed by atoms with E-state index in [1.807, 2.05) is 0 Å². The van der Waals surface area contributed by atoms with Crippen LogP contribution in [-0.4, -0.2) is 30.4 Å². The number of hydrogen-bond donors (Lipinski definition) is 1. The lowest BCUT2D eigenvalue weighted by atomic mass is 10.3.